The van der Waals surface area contributed by atoms with E-state index in [4.69, 9.17) is 0 Å². The van der Waals surface area contributed by atoms with Crippen molar-refractivity contribution in [2.75, 3.05) is 5.32 Å². The van der Waals surface area contributed by atoms with Crippen molar-refractivity contribution in [2.45, 2.75) is 57.3 Å². The zero-order chi connectivity index (χ0) is 19.3. The zero-order valence-electron chi connectivity index (χ0n) is 15.8. The van der Waals surface area contributed by atoms with E-state index in [1.54, 1.807) is 0 Å². The molecule has 2 heterocycles. The molecule has 1 aromatic carbocycles. The van der Waals surface area contributed by atoms with Crippen molar-refractivity contribution in [3.05, 3.63) is 42.2 Å². The minimum Gasteiger partial charge on any atom is -0.350 e. The van der Waals surface area contributed by atoms with E-state index < -0.39 is 0 Å². The van der Waals surface area contributed by atoms with Gasteiger partial charge in [-0.1, -0.05) is 43.2 Å². The normalized spacial score (nSPS) is 23.8. The van der Waals surface area contributed by atoms with Gasteiger partial charge in [0.1, 0.15) is 12.9 Å². The van der Waals surface area contributed by atoms with Gasteiger partial charge in [0.2, 0.25) is 17.8 Å². The molecule has 1 saturated heterocycles. The van der Waals surface area contributed by atoms with Crippen LogP contribution in [-0.4, -0.2) is 38.7 Å². The summed E-state index contributed by atoms with van der Waals surface area (Å²) < 4.78 is 1.43. The first-order chi connectivity index (χ1) is 13.7. The summed E-state index contributed by atoms with van der Waals surface area (Å²) in [6.07, 6.45) is 7.18. The highest BCUT2D eigenvalue weighted by Crippen LogP contribution is 2.33. The molecule has 28 heavy (non-hydrogen) atoms. The van der Waals surface area contributed by atoms with Crippen molar-refractivity contribution >= 4 is 17.8 Å². The third kappa shape index (κ3) is 4.56. The average molecular weight is 382 g/mol. The lowest BCUT2D eigenvalue weighted by atomic mass is 9.85. The number of nitrogens with zero attached hydrogens (tertiary/aromatic N) is 3. The van der Waals surface area contributed by atoms with Crippen molar-refractivity contribution in [2.24, 2.45) is 5.92 Å². The second-order valence-corrected chi connectivity index (χ2v) is 7.62. The summed E-state index contributed by atoms with van der Waals surface area (Å²) >= 11 is 0. The number of hydrogen-bond acceptors (Lipinski definition) is 5. The van der Waals surface area contributed by atoms with E-state index in [1.807, 2.05) is 30.3 Å². The Kier molecular flexibility index (Phi) is 5.66. The second-order valence-electron chi connectivity index (χ2n) is 7.62. The van der Waals surface area contributed by atoms with Crippen LogP contribution in [0.5, 0.6) is 0 Å². The maximum Gasteiger partial charge on any atom is 0.248 e. The van der Waals surface area contributed by atoms with Crippen LogP contribution >= 0.6 is 0 Å². The van der Waals surface area contributed by atoms with E-state index in [0.717, 1.165) is 18.4 Å². The van der Waals surface area contributed by atoms with Crippen LogP contribution in [0.15, 0.2) is 36.7 Å². The van der Waals surface area contributed by atoms with Crippen LogP contribution in [-0.2, 0) is 22.7 Å². The molecule has 0 spiro atoms. The molecule has 0 bridgehead atoms. The van der Waals surface area contributed by atoms with Crippen LogP contribution in [0, 0.1) is 5.92 Å². The maximum atomic E-state index is 12.5. The van der Waals surface area contributed by atoms with Crippen LogP contribution in [0.3, 0.4) is 0 Å². The Morgan fingerprint density at radius 2 is 2.00 bits per heavy atom. The Morgan fingerprint density at radius 3 is 2.82 bits per heavy atom. The number of rotatable bonds is 6. The first kappa shape index (κ1) is 18.6. The number of hydrogen-bond donors (Lipinski definition) is 3. The second kappa shape index (κ2) is 8.52. The van der Waals surface area contributed by atoms with Crippen LogP contribution < -0.4 is 16.0 Å². The summed E-state index contributed by atoms with van der Waals surface area (Å²) in [4.78, 5) is 28.7. The Bertz CT molecular complexity index is 807. The lowest BCUT2D eigenvalue weighted by Gasteiger charge is -2.24. The van der Waals surface area contributed by atoms with Crippen molar-refractivity contribution in [1.82, 2.24) is 25.4 Å². The first-order valence-corrected chi connectivity index (χ1v) is 9.94. The molecule has 3 N–H and O–H groups in total. The molecular weight excluding hydrogens is 356 g/mol. The minimum atomic E-state index is -0.186. The van der Waals surface area contributed by atoms with E-state index in [2.05, 4.69) is 26.0 Å². The molecule has 8 nitrogen and oxygen atoms in total. The summed E-state index contributed by atoms with van der Waals surface area (Å²) in [5, 5.41) is 13.3. The molecule has 2 aliphatic rings. The van der Waals surface area contributed by atoms with Gasteiger partial charge in [-0.2, -0.15) is 0 Å². The third-order valence-corrected chi connectivity index (χ3v) is 5.59. The summed E-state index contributed by atoms with van der Waals surface area (Å²) in [6, 6.07) is 9.99. The molecule has 148 valence electrons. The number of anilines is 1. The van der Waals surface area contributed by atoms with Gasteiger partial charge in [-0.3, -0.25) is 14.9 Å². The Balaban J connectivity index is 1.25. The topological polar surface area (TPSA) is 101 Å². The number of carbonyl (C=O) groups excluding carboxylic acids is 2. The lowest BCUT2D eigenvalue weighted by Crippen LogP contribution is -2.40. The fraction of sp³-hybridized carbons (Fsp3) is 0.500. The number of carbonyl (C=O) groups is 2. The van der Waals surface area contributed by atoms with E-state index >= 15 is 0 Å². The molecule has 1 aromatic heterocycles. The SMILES string of the molecule is O=C(Cn1cnc(NC(=O)C2CC3CCCCC3N2)n1)NCc1ccccc1. The molecule has 3 atom stereocenters. The van der Waals surface area contributed by atoms with Gasteiger partial charge in [0.15, 0.2) is 0 Å². The third-order valence-electron chi connectivity index (χ3n) is 5.59. The van der Waals surface area contributed by atoms with Crippen LogP contribution in [0.25, 0.3) is 0 Å². The highest BCUT2D eigenvalue weighted by Gasteiger charge is 2.38. The summed E-state index contributed by atoms with van der Waals surface area (Å²) in [5.74, 6) is 0.578. The Morgan fingerprint density at radius 1 is 1.18 bits per heavy atom. The molecular formula is C20H26N6O2. The van der Waals surface area contributed by atoms with E-state index in [1.165, 1.54) is 30.3 Å². The van der Waals surface area contributed by atoms with Gasteiger partial charge < -0.3 is 10.6 Å². The highest BCUT2D eigenvalue weighted by atomic mass is 16.2. The summed E-state index contributed by atoms with van der Waals surface area (Å²) in [7, 11) is 0. The Labute approximate surface area is 164 Å². The van der Waals surface area contributed by atoms with Crippen molar-refractivity contribution < 1.29 is 9.59 Å². The molecule has 2 amide bonds. The zero-order valence-corrected chi connectivity index (χ0v) is 15.8. The number of fused-ring (bicyclic) bond motifs is 1. The number of benzene rings is 1. The molecule has 8 heteroatoms. The van der Waals surface area contributed by atoms with E-state index in [0.29, 0.717) is 18.5 Å². The van der Waals surface area contributed by atoms with Crippen LogP contribution in [0.1, 0.15) is 37.7 Å². The van der Waals surface area contributed by atoms with E-state index in [-0.39, 0.29) is 30.3 Å². The van der Waals surface area contributed by atoms with Crippen molar-refractivity contribution in [1.29, 1.82) is 0 Å². The van der Waals surface area contributed by atoms with Crippen molar-refractivity contribution in [3.8, 4) is 0 Å². The standard InChI is InChI=1S/C20H26N6O2/c27-18(21-11-14-6-2-1-3-7-14)12-26-13-22-20(25-26)24-19(28)17-10-15-8-4-5-9-16(15)23-17/h1-3,6-7,13,15-17,23H,4-5,8-12H2,(H,21,27)(H,24,25,28). The molecule has 1 aliphatic carbocycles. The predicted octanol–water partition coefficient (Wildman–Crippen LogP) is 1.45. The van der Waals surface area contributed by atoms with Gasteiger partial charge in [-0.15, -0.1) is 5.10 Å². The van der Waals surface area contributed by atoms with E-state index in [9.17, 15) is 9.59 Å². The molecule has 0 radical (unpaired) electrons. The van der Waals surface area contributed by atoms with Gasteiger partial charge in [0.25, 0.3) is 0 Å². The number of aromatic nitrogens is 3. The molecule has 4 rings (SSSR count). The smallest absolute Gasteiger partial charge is 0.248 e. The largest absolute Gasteiger partial charge is 0.350 e. The van der Waals surface area contributed by atoms with Gasteiger partial charge in [-0.25, -0.2) is 9.67 Å². The highest BCUT2D eigenvalue weighted by molar-refractivity contribution is 5.93. The van der Waals surface area contributed by atoms with Crippen LogP contribution in [0.4, 0.5) is 5.95 Å². The Hall–Kier alpha value is -2.74. The van der Waals surface area contributed by atoms with Gasteiger partial charge in [0.05, 0.1) is 6.04 Å². The monoisotopic (exact) mass is 382 g/mol. The van der Waals surface area contributed by atoms with Crippen molar-refractivity contribution in [3.63, 3.8) is 0 Å². The molecule has 2 aromatic rings. The first-order valence-electron chi connectivity index (χ1n) is 9.94. The molecule has 2 fully saturated rings. The summed E-state index contributed by atoms with van der Waals surface area (Å²) in [5.41, 5.74) is 1.03. The van der Waals surface area contributed by atoms with Crippen LogP contribution in [0.2, 0.25) is 0 Å². The fourth-order valence-corrected chi connectivity index (χ4v) is 4.15. The average Bonchev–Trinajstić information content (AvgIpc) is 3.34. The quantitative estimate of drug-likeness (QED) is 0.702. The predicted molar refractivity (Wildman–Crippen MR) is 104 cm³/mol. The number of amides is 2. The number of nitrogens with one attached hydrogen (secondary N) is 3. The maximum absolute atomic E-state index is 12.5. The molecule has 1 aliphatic heterocycles. The van der Waals surface area contributed by atoms with Gasteiger partial charge in [-0.05, 0) is 30.7 Å². The lowest BCUT2D eigenvalue weighted by molar-refractivity contribution is -0.122. The molecule has 3 unspecified atom stereocenters. The minimum absolute atomic E-state index is 0.0571. The van der Waals surface area contributed by atoms with Gasteiger partial charge >= 0.3 is 0 Å². The van der Waals surface area contributed by atoms with Gasteiger partial charge in [0, 0.05) is 12.6 Å². The fourth-order valence-electron chi connectivity index (χ4n) is 4.15. The molecule has 1 saturated carbocycles. The summed E-state index contributed by atoms with van der Waals surface area (Å²) in [6.45, 7) is 0.523.